The Morgan fingerprint density at radius 2 is 1.90 bits per heavy atom. The fraction of sp³-hybridized carbons (Fsp3) is 0.250. The molecule has 0 saturated carbocycles. The second-order valence-electron chi connectivity index (χ2n) is 5.24. The van der Waals surface area contributed by atoms with Gasteiger partial charge in [0.15, 0.2) is 0 Å². The highest BCUT2D eigenvalue weighted by Gasteiger charge is 2.40. The lowest BCUT2D eigenvalue weighted by Gasteiger charge is -2.44. The summed E-state index contributed by atoms with van der Waals surface area (Å²) in [6.45, 7) is 1.67. The first-order valence-corrected chi connectivity index (χ1v) is 7.68. The van der Waals surface area contributed by atoms with Gasteiger partial charge in [-0.2, -0.15) is 0 Å². The molecule has 0 radical (unpaired) electrons. The first-order chi connectivity index (χ1) is 9.62. The molecule has 1 aliphatic heterocycles. The number of halogens is 3. The molecule has 0 aromatic heterocycles. The molecule has 1 saturated heterocycles. The number of rotatable bonds is 3. The smallest absolute Gasteiger partial charge is 0.127 e. The molecule has 1 N–H and O–H groups in total. The monoisotopic (exact) mass is 353 g/mol. The Labute approximate surface area is 131 Å². The molecule has 2 aromatic rings. The van der Waals surface area contributed by atoms with E-state index in [1.807, 2.05) is 18.2 Å². The van der Waals surface area contributed by atoms with Gasteiger partial charge in [0.05, 0.1) is 0 Å². The van der Waals surface area contributed by atoms with E-state index in [2.05, 4.69) is 27.3 Å². The number of nitrogens with one attached hydrogen (secondary N) is 1. The minimum atomic E-state index is -0.226. The van der Waals surface area contributed by atoms with Crippen molar-refractivity contribution in [1.82, 2.24) is 5.32 Å². The standard InChI is InChI=1S/C16H14BrClFN/c17-13-5-2-1-4-12(13)16(9-20-10-16)8-11-14(18)6-3-7-15(11)19/h1-7,20H,8-10H2. The van der Waals surface area contributed by atoms with Gasteiger partial charge < -0.3 is 5.32 Å². The Hall–Kier alpha value is -0.900. The quantitative estimate of drug-likeness (QED) is 0.865. The molecule has 0 bridgehead atoms. The molecule has 0 unspecified atom stereocenters. The predicted octanol–water partition coefficient (Wildman–Crippen LogP) is 4.33. The summed E-state index contributed by atoms with van der Waals surface area (Å²) in [6.07, 6.45) is 0.605. The second-order valence-corrected chi connectivity index (χ2v) is 6.50. The van der Waals surface area contributed by atoms with Crippen LogP contribution < -0.4 is 5.32 Å². The summed E-state index contributed by atoms with van der Waals surface area (Å²) in [7, 11) is 0. The third-order valence-electron chi connectivity index (χ3n) is 3.95. The number of hydrogen-bond acceptors (Lipinski definition) is 1. The van der Waals surface area contributed by atoms with Gasteiger partial charge in [0.2, 0.25) is 0 Å². The molecule has 0 spiro atoms. The van der Waals surface area contributed by atoms with Gasteiger partial charge in [0.1, 0.15) is 5.82 Å². The Bertz CT molecular complexity index is 620. The van der Waals surface area contributed by atoms with E-state index < -0.39 is 0 Å². The molecule has 0 aliphatic carbocycles. The summed E-state index contributed by atoms with van der Waals surface area (Å²) in [5.41, 5.74) is 1.72. The zero-order chi connectivity index (χ0) is 14.2. The van der Waals surface area contributed by atoms with Gasteiger partial charge in [-0.05, 0) is 30.2 Å². The summed E-state index contributed by atoms with van der Waals surface area (Å²) < 4.78 is 15.1. The highest BCUT2D eigenvalue weighted by molar-refractivity contribution is 9.10. The van der Waals surface area contributed by atoms with E-state index >= 15 is 0 Å². The van der Waals surface area contributed by atoms with Gasteiger partial charge in [-0.25, -0.2) is 4.39 Å². The maximum absolute atomic E-state index is 14.0. The molecule has 104 valence electrons. The summed E-state index contributed by atoms with van der Waals surface area (Å²) in [4.78, 5) is 0. The minimum absolute atomic E-state index is 0.0913. The van der Waals surface area contributed by atoms with Crippen molar-refractivity contribution in [1.29, 1.82) is 0 Å². The molecule has 1 nitrogen and oxygen atoms in total. The van der Waals surface area contributed by atoms with Gasteiger partial charge in [0, 0.05) is 33.6 Å². The third kappa shape index (κ3) is 2.39. The van der Waals surface area contributed by atoms with E-state index in [0.717, 1.165) is 17.6 Å². The molecular weight excluding hydrogens is 341 g/mol. The van der Waals surface area contributed by atoms with Crippen LogP contribution in [0.1, 0.15) is 11.1 Å². The lowest BCUT2D eigenvalue weighted by molar-refractivity contribution is 0.271. The molecule has 1 fully saturated rings. The average molecular weight is 355 g/mol. The zero-order valence-electron chi connectivity index (χ0n) is 10.8. The van der Waals surface area contributed by atoms with Crippen molar-refractivity contribution in [2.75, 3.05) is 13.1 Å². The van der Waals surface area contributed by atoms with Crippen LogP contribution in [0.4, 0.5) is 4.39 Å². The number of benzene rings is 2. The highest BCUT2D eigenvalue weighted by atomic mass is 79.9. The van der Waals surface area contributed by atoms with Crippen LogP contribution >= 0.6 is 27.5 Å². The molecule has 0 atom stereocenters. The topological polar surface area (TPSA) is 12.0 Å². The third-order valence-corrected chi connectivity index (χ3v) is 4.99. The molecular formula is C16H14BrClFN. The largest absolute Gasteiger partial charge is 0.315 e. The minimum Gasteiger partial charge on any atom is -0.315 e. The van der Waals surface area contributed by atoms with Crippen molar-refractivity contribution in [2.24, 2.45) is 0 Å². The maximum atomic E-state index is 14.0. The van der Waals surface area contributed by atoms with Gasteiger partial charge in [-0.15, -0.1) is 0 Å². The Kier molecular flexibility index (Phi) is 3.85. The van der Waals surface area contributed by atoms with E-state index in [1.165, 1.54) is 11.6 Å². The molecule has 20 heavy (non-hydrogen) atoms. The van der Waals surface area contributed by atoms with Crippen LogP contribution in [0, 0.1) is 5.82 Å². The van der Waals surface area contributed by atoms with Crippen LogP contribution in [-0.2, 0) is 11.8 Å². The van der Waals surface area contributed by atoms with Crippen LogP contribution in [0.3, 0.4) is 0 Å². The van der Waals surface area contributed by atoms with E-state index in [4.69, 9.17) is 11.6 Å². The van der Waals surface area contributed by atoms with Crippen LogP contribution in [0.2, 0.25) is 5.02 Å². The lowest BCUT2D eigenvalue weighted by Crippen LogP contribution is -2.58. The van der Waals surface area contributed by atoms with Crippen molar-refractivity contribution in [2.45, 2.75) is 11.8 Å². The maximum Gasteiger partial charge on any atom is 0.127 e. The van der Waals surface area contributed by atoms with Crippen LogP contribution in [-0.4, -0.2) is 13.1 Å². The summed E-state index contributed by atoms with van der Waals surface area (Å²) in [5, 5.41) is 3.80. The molecule has 1 aliphatic rings. The van der Waals surface area contributed by atoms with Crippen molar-refractivity contribution < 1.29 is 4.39 Å². The van der Waals surface area contributed by atoms with Gasteiger partial charge in [-0.3, -0.25) is 0 Å². The second kappa shape index (κ2) is 5.47. The Morgan fingerprint density at radius 3 is 2.50 bits per heavy atom. The van der Waals surface area contributed by atoms with E-state index in [1.54, 1.807) is 12.1 Å². The Morgan fingerprint density at radius 1 is 1.15 bits per heavy atom. The fourth-order valence-corrected chi connectivity index (χ4v) is 3.70. The van der Waals surface area contributed by atoms with Crippen LogP contribution in [0.25, 0.3) is 0 Å². The van der Waals surface area contributed by atoms with Gasteiger partial charge >= 0.3 is 0 Å². The summed E-state index contributed by atoms with van der Waals surface area (Å²) >= 11 is 9.77. The average Bonchev–Trinajstić information content (AvgIpc) is 2.38. The van der Waals surface area contributed by atoms with E-state index in [-0.39, 0.29) is 11.2 Å². The van der Waals surface area contributed by atoms with Crippen molar-refractivity contribution in [3.63, 3.8) is 0 Å². The normalized spacial score (nSPS) is 16.8. The van der Waals surface area contributed by atoms with Gasteiger partial charge in [0.25, 0.3) is 0 Å². The van der Waals surface area contributed by atoms with E-state index in [0.29, 0.717) is 17.0 Å². The van der Waals surface area contributed by atoms with Crippen molar-refractivity contribution >= 4 is 27.5 Å². The van der Waals surface area contributed by atoms with Gasteiger partial charge in [-0.1, -0.05) is 51.8 Å². The van der Waals surface area contributed by atoms with Crippen LogP contribution in [0.15, 0.2) is 46.9 Å². The van der Waals surface area contributed by atoms with Crippen molar-refractivity contribution in [3.05, 3.63) is 68.9 Å². The lowest BCUT2D eigenvalue weighted by atomic mass is 9.71. The molecule has 2 aromatic carbocycles. The first kappa shape index (κ1) is 14.1. The highest BCUT2D eigenvalue weighted by Crippen LogP contribution is 2.38. The Balaban J connectivity index is 2.01. The molecule has 4 heteroatoms. The zero-order valence-corrected chi connectivity index (χ0v) is 13.1. The summed E-state index contributed by atoms with van der Waals surface area (Å²) in [6, 6.07) is 13.0. The molecule has 3 rings (SSSR count). The predicted molar refractivity (Wildman–Crippen MR) is 83.8 cm³/mol. The van der Waals surface area contributed by atoms with Crippen molar-refractivity contribution in [3.8, 4) is 0 Å². The van der Waals surface area contributed by atoms with E-state index in [9.17, 15) is 4.39 Å². The fourth-order valence-electron chi connectivity index (χ4n) is 2.77. The SMILES string of the molecule is Fc1cccc(Cl)c1CC1(c2ccccc2Br)CNC1. The number of hydrogen-bond donors (Lipinski definition) is 1. The first-order valence-electron chi connectivity index (χ1n) is 6.51. The van der Waals surface area contributed by atoms with Crippen LogP contribution in [0.5, 0.6) is 0 Å². The molecule has 1 heterocycles. The molecule has 0 amide bonds. The summed E-state index contributed by atoms with van der Waals surface area (Å²) in [5.74, 6) is -0.226.